The van der Waals surface area contributed by atoms with Gasteiger partial charge in [-0.25, -0.2) is 4.79 Å². The lowest BCUT2D eigenvalue weighted by Crippen LogP contribution is -2.83. The minimum atomic E-state index is -2.21. The van der Waals surface area contributed by atoms with Gasteiger partial charge in [0.1, 0.15) is 17.8 Å². The molecule has 12 heteroatoms. The van der Waals surface area contributed by atoms with E-state index in [4.69, 9.17) is 25.4 Å². The number of aliphatic hydroxyl groups excluding tert-OH is 1. The molecule has 0 spiro atoms. The minimum Gasteiger partial charge on any atom is -0.454 e. The number of ether oxygens (including phenoxy) is 4. The van der Waals surface area contributed by atoms with Crippen molar-refractivity contribution in [3.05, 3.63) is 11.1 Å². The predicted octanol–water partition coefficient (Wildman–Crippen LogP) is 0.126. The quantitative estimate of drug-likeness (QED) is 0.124. The number of nitrogens with one attached hydrogen (secondary N) is 1. The van der Waals surface area contributed by atoms with Gasteiger partial charge in [0.15, 0.2) is 17.5 Å². The van der Waals surface area contributed by atoms with E-state index in [0.29, 0.717) is 0 Å². The normalized spacial score (nSPS) is 36.0. The van der Waals surface area contributed by atoms with Crippen LogP contribution < -0.4 is 5.32 Å². The SMILES string of the molecule is C#CC#CC#CC#CC(=O)O[C@H]1C2[C@](C)(C(=O)[C@H](OC(C)=O)C3=C(C)[C@@H](O)C[C@]1(O)C3(C)C)[C@@H](NC(C)=O)C[C@H]1OC[C@@]21OC(C)=O. The van der Waals surface area contributed by atoms with Crippen molar-refractivity contribution in [2.24, 2.45) is 16.7 Å². The zero-order valence-electron chi connectivity index (χ0n) is 27.2. The van der Waals surface area contributed by atoms with E-state index in [-0.39, 0.29) is 24.2 Å². The fourth-order valence-electron chi connectivity index (χ4n) is 7.99. The molecule has 2 bridgehead atoms. The number of rotatable bonds is 4. The zero-order chi connectivity index (χ0) is 35.1. The van der Waals surface area contributed by atoms with Crippen LogP contribution in [0.5, 0.6) is 0 Å². The van der Waals surface area contributed by atoms with E-state index in [1.807, 2.05) is 0 Å². The Morgan fingerprint density at radius 2 is 1.64 bits per heavy atom. The molecule has 1 aliphatic heterocycles. The Bertz CT molecular complexity index is 1680. The molecule has 9 atom stereocenters. The molecular weight excluding hydrogens is 610 g/mol. The third kappa shape index (κ3) is 5.68. The lowest BCUT2D eigenvalue weighted by molar-refractivity contribution is -0.337. The van der Waals surface area contributed by atoms with E-state index >= 15 is 4.79 Å². The van der Waals surface area contributed by atoms with Crippen LogP contribution in [0.2, 0.25) is 0 Å². The number of carbonyl (C=O) groups is 5. The monoisotopic (exact) mass is 647 g/mol. The first-order valence-corrected chi connectivity index (χ1v) is 15.0. The van der Waals surface area contributed by atoms with Gasteiger partial charge >= 0.3 is 17.9 Å². The number of ketones is 1. The molecule has 0 aromatic rings. The van der Waals surface area contributed by atoms with Crippen LogP contribution in [0.1, 0.15) is 61.3 Å². The largest absolute Gasteiger partial charge is 0.454 e. The van der Waals surface area contributed by atoms with Crippen LogP contribution in [0.4, 0.5) is 0 Å². The Balaban J connectivity index is 2.09. The highest BCUT2D eigenvalue weighted by atomic mass is 16.6. The first kappa shape index (κ1) is 35.3. The Morgan fingerprint density at radius 1 is 1.00 bits per heavy atom. The molecule has 248 valence electrons. The van der Waals surface area contributed by atoms with Gasteiger partial charge in [-0.05, 0) is 66.9 Å². The lowest BCUT2D eigenvalue weighted by atomic mass is 9.44. The fourth-order valence-corrected chi connectivity index (χ4v) is 7.99. The van der Waals surface area contributed by atoms with Crippen molar-refractivity contribution in [1.82, 2.24) is 5.32 Å². The Kier molecular flexibility index (Phi) is 9.42. The van der Waals surface area contributed by atoms with Gasteiger partial charge in [-0.3, -0.25) is 19.2 Å². The molecule has 1 unspecified atom stereocenters. The summed E-state index contributed by atoms with van der Waals surface area (Å²) in [5.41, 5.74) is -6.85. The summed E-state index contributed by atoms with van der Waals surface area (Å²) < 4.78 is 23.6. The van der Waals surface area contributed by atoms with Gasteiger partial charge in [0, 0.05) is 44.6 Å². The fraction of sp³-hybridized carbons (Fsp3) is 0.571. The molecule has 4 rings (SSSR count). The van der Waals surface area contributed by atoms with Gasteiger partial charge in [0.25, 0.3) is 0 Å². The number of aliphatic hydroxyl groups is 2. The molecule has 3 N–H and O–H groups in total. The highest BCUT2D eigenvalue weighted by molar-refractivity contribution is 5.96. The summed E-state index contributed by atoms with van der Waals surface area (Å²) >= 11 is 0. The first-order chi connectivity index (χ1) is 21.9. The summed E-state index contributed by atoms with van der Waals surface area (Å²) in [5, 5.41) is 27.1. The third-order valence-electron chi connectivity index (χ3n) is 10.1. The maximum atomic E-state index is 15.1. The number of carbonyl (C=O) groups excluding carboxylic acids is 5. The van der Waals surface area contributed by atoms with Crippen LogP contribution in [0.15, 0.2) is 11.1 Å². The molecule has 3 aliphatic carbocycles. The number of esters is 3. The second-order valence-corrected chi connectivity index (χ2v) is 13.0. The highest BCUT2D eigenvalue weighted by Crippen LogP contribution is 2.64. The molecular formula is C35H37NO11. The van der Waals surface area contributed by atoms with E-state index in [2.05, 4.69) is 46.8 Å². The van der Waals surface area contributed by atoms with Gasteiger partial charge in [-0.1, -0.05) is 13.8 Å². The molecule has 1 amide bonds. The highest BCUT2D eigenvalue weighted by Gasteiger charge is 2.78. The van der Waals surface area contributed by atoms with Crippen molar-refractivity contribution in [2.45, 2.75) is 103 Å². The van der Waals surface area contributed by atoms with E-state index in [9.17, 15) is 29.4 Å². The summed E-state index contributed by atoms with van der Waals surface area (Å²) in [6, 6.07) is -1.05. The first-order valence-electron chi connectivity index (χ1n) is 15.0. The van der Waals surface area contributed by atoms with E-state index in [0.717, 1.165) is 13.8 Å². The Labute approximate surface area is 273 Å². The molecule has 1 saturated heterocycles. The molecule has 12 nitrogen and oxygen atoms in total. The van der Waals surface area contributed by atoms with Crippen molar-refractivity contribution in [1.29, 1.82) is 0 Å². The average Bonchev–Trinajstić information content (AvgIpc) is 2.95. The number of hydrogen-bond donors (Lipinski definition) is 3. The summed E-state index contributed by atoms with van der Waals surface area (Å²) in [5.74, 6) is 10.5. The molecule has 4 aliphatic rings. The molecule has 1 heterocycles. The molecule has 3 fully saturated rings. The number of fused-ring (bicyclic) bond motifs is 5. The van der Waals surface area contributed by atoms with E-state index in [1.54, 1.807) is 20.8 Å². The Hall–Kier alpha value is -4.59. The molecule has 0 aromatic heterocycles. The molecule has 2 saturated carbocycles. The van der Waals surface area contributed by atoms with Crippen molar-refractivity contribution in [3.63, 3.8) is 0 Å². The number of terminal acetylenes is 1. The van der Waals surface area contributed by atoms with Crippen molar-refractivity contribution < 1.29 is 53.1 Å². The lowest BCUT2D eigenvalue weighted by Gasteiger charge is -2.68. The van der Waals surface area contributed by atoms with E-state index < -0.39 is 94.4 Å². The van der Waals surface area contributed by atoms with Gasteiger partial charge in [-0.15, -0.1) is 6.42 Å². The molecule has 0 aromatic carbocycles. The average molecular weight is 648 g/mol. The zero-order valence-corrected chi connectivity index (χ0v) is 27.2. The van der Waals surface area contributed by atoms with Crippen LogP contribution in [0, 0.1) is 64.6 Å². The standard InChI is InChI=1S/C35H37NO11/c1-9-10-11-12-13-14-15-26(41)46-31-29-33(8,24(36-20(3)37)16-25-34(29,18-44-25)47-22(5)39)30(42)28(45-21(4)38)27-19(2)23(40)17-35(31,43)32(27,6)7/h1,23-25,28-29,31,40,43H,16-18H2,2-8H3,(H,36,37)/t23-,24-,25+,28+,29?,31-,33+,34-,35+/m0/s1. The molecule has 47 heavy (non-hydrogen) atoms. The van der Waals surface area contributed by atoms with Gasteiger partial charge in [-0.2, -0.15) is 0 Å². The predicted molar refractivity (Wildman–Crippen MR) is 163 cm³/mol. The second-order valence-electron chi connectivity index (χ2n) is 13.0. The van der Waals surface area contributed by atoms with E-state index in [1.165, 1.54) is 13.8 Å². The van der Waals surface area contributed by atoms with Crippen LogP contribution in [0.25, 0.3) is 0 Å². The second kappa shape index (κ2) is 12.5. The number of Topliss-reactive ketones (excluding diaryl/α,β-unsaturated/α-hetero) is 1. The number of amides is 1. The van der Waals surface area contributed by atoms with Crippen molar-refractivity contribution in [2.75, 3.05) is 6.61 Å². The summed E-state index contributed by atoms with van der Waals surface area (Å²) in [6.45, 7) is 9.48. The number of hydrogen-bond acceptors (Lipinski definition) is 11. The Morgan fingerprint density at radius 3 is 2.19 bits per heavy atom. The maximum absolute atomic E-state index is 15.1. The van der Waals surface area contributed by atoms with Gasteiger partial charge < -0.3 is 34.5 Å². The van der Waals surface area contributed by atoms with Crippen molar-refractivity contribution >= 4 is 29.6 Å². The van der Waals surface area contributed by atoms with Crippen LogP contribution in [-0.4, -0.2) is 88.1 Å². The molecule has 0 radical (unpaired) electrons. The topological polar surface area (TPSA) is 175 Å². The summed E-state index contributed by atoms with van der Waals surface area (Å²) in [7, 11) is 0. The maximum Gasteiger partial charge on any atom is 0.385 e. The van der Waals surface area contributed by atoms with Gasteiger partial charge in [0.2, 0.25) is 5.91 Å². The smallest absolute Gasteiger partial charge is 0.385 e. The summed E-state index contributed by atoms with van der Waals surface area (Å²) in [6.07, 6.45) is -1.01. The van der Waals surface area contributed by atoms with Crippen LogP contribution >= 0.6 is 0 Å². The third-order valence-corrected chi connectivity index (χ3v) is 10.1. The van der Waals surface area contributed by atoms with Crippen LogP contribution in [-0.2, 0) is 42.9 Å². The van der Waals surface area contributed by atoms with Crippen molar-refractivity contribution in [3.8, 4) is 47.9 Å². The summed E-state index contributed by atoms with van der Waals surface area (Å²) in [4.78, 5) is 66.4. The van der Waals surface area contributed by atoms with Crippen LogP contribution in [0.3, 0.4) is 0 Å². The van der Waals surface area contributed by atoms with Gasteiger partial charge in [0.05, 0.1) is 24.0 Å². The minimum absolute atomic E-state index is 0.0182.